The Labute approximate surface area is 233 Å². The second-order valence-corrected chi connectivity index (χ2v) is 9.60. The van der Waals surface area contributed by atoms with Crippen LogP contribution in [-0.4, -0.2) is 42.6 Å². The van der Waals surface area contributed by atoms with Gasteiger partial charge >= 0.3 is 18.2 Å². The maximum absolute atomic E-state index is 13.6. The molecule has 212 valence electrons. The second-order valence-electron chi connectivity index (χ2n) is 9.60. The van der Waals surface area contributed by atoms with E-state index < -0.39 is 40.7 Å². The van der Waals surface area contributed by atoms with Crippen molar-refractivity contribution in [3.8, 4) is 11.8 Å². The van der Waals surface area contributed by atoms with Gasteiger partial charge in [-0.3, -0.25) is 4.79 Å². The van der Waals surface area contributed by atoms with Gasteiger partial charge in [-0.05, 0) is 55.8 Å². The van der Waals surface area contributed by atoms with Crippen molar-refractivity contribution in [1.29, 1.82) is 5.26 Å². The van der Waals surface area contributed by atoms with Crippen molar-refractivity contribution in [1.82, 2.24) is 4.90 Å². The van der Waals surface area contributed by atoms with Crippen molar-refractivity contribution in [3.05, 3.63) is 82.9 Å². The zero-order valence-corrected chi connectivity index (χ0v) is 22.5. The fraction of sp³-hybridized carbons (Fsp3) is 0.241. The highest BCUT2D eigenvalue weighted by atomic mass is 19.4. The Morgan fingerprint density at radius 2 is 1.76 bits per heavy atom. The van der Waals surface area contributed by atoms with Gasteiger partial charge in [-0.25, -0.2) is 14.5 Å². The van der Waals surface area contributed by atoms with E-state index in [-0.39, 0.29) is 23.5 Å². The largest absolute Gasteiger partial charge is 0.496 e. The molecule has 3 aromatic rings. The molecule has 1 saturated heterocycles. The van der Waals surface area contributed by atoms with E-state index in [1.807, 2.05) is 0 Å². The van der Waals surface area contributed by atoms with Gasteiger partial charge in [0.1, 0.15) is 16.9 Å². The summed E-state index contributed by atoms with van der Waals surface area (Å²) in [7, 11) is 2.67. The Morgan fingerprint density at radius 1 is 1.05 bits per heavy atom. The predicted octanol–water partition coefficient (Wildman–Crippen LogP) is 5.86. The molecule has 0 spiro atoms. The third-order valence-corrected chi connectivity index (χ3v) is 6.74. The minimum atomic E-state index is -4.86. The first-order valence-corrected chi connectivity index (χ1v) is 12.2. The number of carbonyl (C=O) groups excluding carboxylic acids is 3. The molecule has 0 saturated carbocycles. The number of imide groups is 1. The number of anilines is 3. The number of rotatable bonds is 7. The third-order valence-electron chi connectivity index (χ3n) is 6.74. The average molecular weight is 567 g/mol. The summed E-state index contributed by atoms with van der Waals surface area (Å²) in [6.07, 6.45) is -4.86. The number of nitrogens with one attached hydrogen (secondary N) is 1. The van der Waals surface area contributed by atoms with E-state index in [2.05, 4.69) is 5.32 Å². The molecule has 1 aliphatic heterocycles. The lowest BCUT2D eigenvalue weighted by atomic mass is 10.0. The van der Waals surface area contributed by atoms with Crippen molar-refractivity contribution < 1.29 is 37.0 Å². The smallest absolute Gasteiger partial charge is 0.417 e. The van der Waals surface area contributed by atoms with E-state index in [1.54, 1.807) is 36.4 Å². The first-order valence-electron chi connectivity index (χ1n) is 12.2. The van der Waals surface area contributed by atoms with E-state index in [0.29, 0.717) is 27.9 Å². The van der Waals surface area contributed by atoms with Crippen LogP contribution in [0.5, 0.6) is 5.75 Å². The summed E-state index contributed by atoms with van der Waals surface area (Å²) in [5, 5.41) is 12.3. The van der Waals surface area contributed by atoms with Crippen molar-refractivity contribution in [2.75, 3.05) is 24.4 Å². The highest BCUT2D eigenvalue weighted by molar-refractivity contribution is 6.23. The summed E-state index contributed by atoms with van der Waals surface area (Å²) in [5.74, 6) is -1.01. The van der Waals surface area contributed by atoms with Crippen LogP contribution in [0.15, 0.2) is 60.7 Å². The number of nitrogens with zero attached hydrogens (tertiary/aromatic N) is 3. The molecule has 0 unspecified atom stereocenters. The van der Waals surface area contributed by atoms with Gasteiger partial charge in [0.15, 0.2) is 0 Å². The number of para-hydroxylation sites is 1. The highest BCUT2D eigenvalue weighted by Crippen LogP contribution is 2.39. The quantitative estimate of drug-likeness (QED) is 0.282. The number of urea groups is 1. The van der Waals surface area contributed by atoms with E-state index in [9.17, 15) is 27.6 Å². The zero-order valence-electron chi connectivity index (χ0n) is 22.5. The number of ether oxygens (including phenoxy) is 2. The van der Waals surface area contributed by atoms with Gasteiger partial charge in [-0.2, -0.15) is 18.4 Å². The van der Waals surface area contributed by atoms with E-state index in [0.717, 1.165) is 12.1 Å². The molecule has 1 N–H and O–H groups in total. The number of esters is 1. The SMILES string of the molecule is COC(=O)c1ccc(Nc2ccccc2CN2C(=O)N(c3ccc(C#N)c(C(F)(F)F)c3)C(=O)C2(C)C)cc1OC. The molecule has 41 heavy (non-hydrogen) atoms. The number of benzene rings is 3. The average Bonchev–Trinajstić information content (AvgIpc) is 3.11. The Hall–Kier alpha value is -5.05. The number of nitriles is 1. The first-order chi connectivity index (χ1) is 19.3. The number of hydrogen-bond acceptors (Lipinski definition) is 7. The Bertz CT molecular complexity index is 1580. The van der Waals surface area contributed by atoms with Crippen molar-refractivity contribution in [2.45, 2.75) is 32.1 Å². The Balaban J connectivity index is 1.66. The molecule has 3 amide bonds. The van der Waals surface area contributed by atoms with Gasteiger partial charge in [-0.15, -0.1) is 0 Å². The fourth-order valence-electron chi connectivity index (χ4n) is 4.49. The Morgan fingerprint density at radius 3 is 2.39 bits per heavy atom. The standard InChI is InChI=1S/C29H25F3N4O5/c1-28(2)26(38)36(20-11-9-17(15-33)22(14-20)29(30,31)32)27(39)35(28)16-18-7-5-6-8-23(18)34-19-10-12-21(25(37)41-4)24(13-19)40-3/h5-14,34H,16H2,1-4H3. The van der Waals surface area contributed by atoms with Gasteiger partial charge in [0, 0.05) is 17.4 Å². The monoisotopic (exact) mass is 566 g/mol. The van der Waals surface area contributed by atoms with Crippen LogP contribution in [0.25, 0.3) is 0 Å². The topological polar surface area (TPSA) is 112 Å². The minimum Gasteiger partial charge on any atom is -0.496 e. The van der Waals surface area contributed by atoms with E-state index in [1.165, 1.54) is 45.1 Å². The summed E-state index contributed by atoms with van der Waals surface area (Å²) < 4.78 is 50.8. The number of carbonyl (C=O) groups is 3. The maximum atomic E-state index is 13.6. The number of hydrogen-bond donors (Lipinski definition) is 1. The van der Waals surface area contributed by atoms with Crippen LogP contribution in [0.2, 0.25) is 0 Å². The van der Waals surface area contributed by atoms with Crippen LogP contribution in [-0.2, 0) is 22.3 Å². The minimum absolute atomic E-state index is 0.0585. The molecule has 0 radical (unpaired) electrons. The van der Waals surface area contributed by atoms with Gasteiger partial charge < -0.3 is 19.7 Å². The molecule has 0 atom stereocenters. The normalized spacial score (nSPS) is 14.6. The van der Waals surface area contributed by atoms with Crippen LogP contribution in [0.1, 0.15) is 40.9 Å². The Kier molecular flexibility index (Phi) is 7.66. The lowest BCUT2D eigenvalue weighted by Gasteiger charge is -2.28. The van der Waals surface area contributed by atoms with Crippen LogP contribution in [0.4, 0.5) is 35.0 Å². The molecule has 4 rings (SSSR count). The van der Waals surface area contributed by atoms with Crippen LogP contribution < -0.4 is 15.0 Å². The maximum Gasteiger partial charge on any atom is 0.417 e. The van der Waals surface area contributed by atoms with Gasteiger partial charge in [0.05, 0.1) is 43.6 Å². The lowest BCUT2D eigenvalue weighted by molar-refractivity contribution is -0.137. The zero-order chi connectivity index (χ0) is 30.1. The number of methoxy groups -OCH3 is 2. The fourth-order valence-corrected chi connectivity index (χ4v) is 4.49. The summed E-state index contributed by atoms with van der Waals surface area (Å²) in [6.45, 7) is 2.96. The van der Waals surface area contributed by atoms with Crippen LogP contribution in [0, 0.1) is 11.3 Å². The third kappa shape index (κ3) is 5.38. The van der Waals surface area contributed by atoms with Gasteiger partial charge in [-0.1, -0.05) is 18.2 Å². The molecule has 1 aliphatic rings. The van der Waals surface area contributed by atoms with Crippen molar-refractivity contribution >= 4 is 35.0 Å². The van der Waals surface area contributed by atoms with Crippen molar-refractivity contribution in [3.63, 3.8) is 0 Å². The summed E-state index contributed by atoms with van der Waals surface area (Å²) in [5.41, 5.74) is -1.57. The molecule has 1 fully saturated rings. The summed E-state index contributed by atoms with van der Waals surface area (Å²) >= 11 is 0. The first kappa shape index (κ1) is 28.9. The van der Waals surface area contributed by atoms with Crippen molar-refractivity contribution in [2.24, 2.45) is 0 Å². The number of halogens is 3. The molecule has 1 heterocycles. The van der Waals surface area contributed by atoms with Gasteiger partial charge in [0.2, 0.25) is 0 Å². The molecule has 0 bridgehead atoms. The van der Waals surface area contributed by atoms with E-state index in [4.69, 9.17) is 14.7 Å². The summed E-state index contributed by atoms with van der Waals surface area (Å²) in [6, 6.07) is 15.2. The van der Waals surface area contributed by atoms with E-state index >= 15 is 0 Å². The highest BCUT2D eigenvalue weighted by Gasteiger charge is 2.52. The van der Waals surface area contributed by atoms with Crippen LogP contribution >= 0.6 is 0 Å². The molecular weight excluding hydrogens is 541 g/mol. The van der Waals surface area contributed by atoms with Crippen LogP contribution in [0.3, 0.4) is 0 Å². The lowest BCUT2D eigenvalue weighted by Crippen LogP contribution is -2.43. The molecule has 0 aromatic heterocycles. The molecule has 12 heteroatoms. The second kappa shape index (κ2) is 10.8. The summed E-state index contributed by atoms with van der Waals surface area (Å²) in [4.78, 5) is 40.9. The molecular formula is C29H25F3N4O5. The molecule has 9 nitrogen and oxygen atoms in total. The number of amides is 3. The number of alkyl halides is 3. The molecule has 3 aromatic carbocycles. The predicted molar refractivity (Wildman–Crippen MR) is 143 cm³/mol. The molecule has 0 aliphatic carbocycles. The van der Waals surface area contributed by atoms with Gasteiger partial charge in [0.25, 0.3) is 5.91 Å².